The standard InChI is InChI=1S/C24H22N2O4S3/c1-16-10-12-19(13-11-16)33(28,29)23-24(30-22(26-23)20-9-6-14-31-20)32-15-21(27)25-17(2)18-7-4-3-5-8-18/h3-14,17H,15H2,1-2H3,(H,25,27). The Balaban J connectivity index is 1.58. The summed E-state index contributed by atoms with van der Waals surface area (Å²) >= 11 is 2.42. The van der Waals surface area contributed by atoms with E-state index in [0.29, 0.717) is 4.88 Å². The lowest BCUT2D eigenvalue weighted by atomic mass is 10.1. The van der Waals surface area contributed by atoms with Crippen molar-refractivity contribution in [3.05, 3.63) is 83.2 Å². The SMILES string of the molecule is Cc1ccc(S(=O)(=O)c2nc(-c3cccs3)oc2SCC(=O)NC(C)c2ccccc2)cc1. The van der Waals surface area contributed by atoms with Crippen molar-refractivity contribution in [3.8, 4) is 10.8 Å². The number of hydrogen-bond donors (Lipinski definition) is 1. The van der Waals surface area contributed by atoms with Crippen molar-refractivity contribution in [1.82, 2.24) is 10.3 Å². The molecule has 2 heterocycles. The number of rotatable bonds is 8. The molecule has 2 aromatic heterocycles. The van der Waals surface area contributed by atoms with Crippen LogP contribution in [0.2, 0.25) is 0 Å². The quantitative estimate of drug-likeness (QED) is 0.322. The normalized spacial score (nSPS) is 12.4. The average molecular weight is 499 g/mol. The number of sulfone groups is 1. The van der Waals surface area contributed by atoms with Gasteiger partial charge in [0.25, 0.3) is 0 Å². The molecule has 33 heavy (non-hydrogen) atoms. The van der Waals surface area contributed by atoms with E-state index in [9.17, 15) is 13.2 Å². The lowest BCUT2D eigenvalue weighted by Gasteiger charge is -2.13. The summed E-state index contributed by atoms with van der Waals surface area (Å²) in [6.45, 7) is 3.78. The van der Waals surface area contributed by atoms with Crippen LogP contribution in [0.15, 0.2) is 91.5 Å². The molecule has 4 rings (SSSR count). The van der Waals surface area contributed by atoms with Crippen molar-refractivity contribution >= 4 is 38.8 Å². The number of oxazole rings is 1. The molecule has 9 heteroatoms. The summed E-state index contributed by atoms with van der Waals surface area (Å²) in [6, 6.07) is 19.7. The number of carbonyl (C=O) groups is 1. The average Bonchev–Trinajstić information content (AvgIpc) is 3.49. The van der Waals surface area contributed by atoms with Crippen LogP contribution in [0.25, 0.3) is 10.8 Å². The number of aryl methyl sites for hydroxylation is 1. The predicted molar refractivity (Wildman–Crippen MR) is 130 cm³/mol. The van der Waals surface area contributed by atoms with Crippen LogP contribution in [0.1, 0.15) is 24.1 Å². The number of aromatic nitrogens is 1. The second-order valence-corrected chi connectivity index (χ2v) is 11.2. The van der Waals surface area contributed by atoms with Gasteiger partial charge >= 0.3 is 0 Å². The van der Waals surface area contributed by atoms with Crippen LogP contribution < -0.4 is 5.32 Å². The summed E-state index contributed by atoms with van der Waals surface area (Å²) in [4.78, 5) is 17.7. The van der Waals surface area contributed by atoms with E-state index in [-0.39, 0.29) is 38.6 Å². The summed E-state index contributed by atoms with van der Waals surface area (Å²) in [5, 5.41) is 4.71. The first kappa shape index (κ1) is 23.3. The van der Waals surface area contributed by atoms with E-state index in [1.807, 2.05) is 61.7 Å². The molecule has 170 valence electrons. The first-order valence-electron chi connectivity index (χ1n) is 10.2. The number of nitrogens with zero attached hydrogens (tertiary/aromatic N) is 1. The molecule has 0 bridgehead atoms. The Kier molecular flexibility index (Phi) is 7.02. The Morgan fingerprint density at radius 1 is 1.09 bits per heavy atom. The minimum Gasteiger partial charge on any atom is -0.428 e. The first-order chi connectivity index (χ1) is 15.8. The fourth-order valence-corrected chi connectivity index (χ4v) is 6.12. The van der Waals surface area contributed by atoms with Crippen molar-refractivity contribution in [2.45, 2.75) is 34.9 Å². The highest BCUT2D eigenvalue weighted by atomic mass is 32.2. The van der Waals surface area contributed by atoms with Gasteiger partial charge in [0.2, 0.25) is 31.8 Å². The second kappa shape index (κ2) is 9.94. The third kappa shape index (κ3) is 5.38. The van der Waals surface area contributed by atoms with Crippen LogP contribution >= 0.6 is 23.1 Å². The van der Waals surface area contributed by atoms with E-state index in [1.54, 1.807) is 24.3 Å². The van der Waals surface area contributed by atoms with Gasteiger partial charge in [0, 0.05) is 0 Å². The summed E-state index contributed by atoms with van der Waals surface area (Å²) < 4.78 is 32.5. The zero-order valence-corrected chi connectivity index (χ0v) is 20.5. The van der Waals surface area contributed by atoms with Gasteiger partial charge in [0.1, 0.15) is 0 Å². The van der Waals surface area contributed by atoms with Crippen LogP contribution in [0, 0.1) is 6.92 Å². The van der Waals surface area contributed by atoms with Gasteiger partial charge in [-0.05, 0) is 43.0 Å². The minimum atomic E-state index is -3.92. The van der Waals surface area contributed by atoms with Gasteiger partial charge in [-0.2, -0.15) is 4.98 Å². The van der Waals surface area contributed by atoms with Crippen molar-refractivity contribution in [2.24, 2.45) is 0 Å². The van der Waals surface area contributed by atoms with Crippen LogP contribution in [0.5, 0.6) is 0 Å². The summed E-state index contributed by atoms with van der Waals surface area (Å²) in [7, 11) is -3.92. The van der Waals surface area contributed by atoms with E-state index in [1.165, 1.54) is 11.3 Å². The van der Waals surface area contributed by atoms with E-state index >= 15 is 0 Å². The molecule has 0 radical (unpaired) electrons. The first-order valence-corrected chi connectivity index (χ1v) is 13.5. The zero-order chi connectivity index (χ0) is 23.4. The van der Waals surface area contributed by atoms with Gasteiger partial charge in [0.15, 0.2) is 0 Å². The van der Waals surface area contributed by atoms with Gasteiger partial charge in [-0.15, -0.1) is 11.3 Å². The van der Waals surface area contributed by atoms with Crippen molar-refractivity contribution in [1.29, 1.82) is 0 Å². The molecule has 4 aromatic rings. The number of carbonyl (C=O) groups excluding carboxylic acids is 1. The Bertz CT molecular complexity index is 1330. The van der Waals surface area contributed by atoms with E-state index in [2.05, 4.69) is 10.3 Å². The second-order valence-electron chi connectivity index (χ2n) is 7.39. The Morgan fingerprint density at radius 3 is 2.48 bits per heavy atom. The highest BCUT2D eigenvalue weighted by Crippen LogP contribution is 2.36. The molecule has 2 aromatic carbocycles. The number of thiophene rings is 1. The van der Waals surface area contributed by atoms with Gasteiger partial charge in [-0.25, -0.2) is 8.42 Å². The smallest absolute Gasteiger partial charge is 0.238 e. The summed E-state index contributed by atoms with van der Waals surface area (Å²) in [6.07, 6.45) is 0. The molecule has 1 N–H and O–H groups in total. The monoisotopic (exact) mass is 498 g/mol. The lowest BCUT2D eigenvalue weighted by molar-refractivity contribution is -0.119. The maximum Gasteiger partial charge on any atom is 0.238 e. The van der Waals surface area contributed by atoms with Crippen molar-refractivity contribution in [3.63, 3.8) is 0 Å². The molecule has 0 aliphatic rings. The van der Waals surface area contributed by atoms with Crippen LogP contribution in [-0.4, -0.2) is 25.1 Å². The molecular weight excluding hydrogens is 476 g/mol. The summed E-state index contributed by atoms with van der Waals surface area (Å²) in [5.74, 6) is -0.0208. The van der Waals surface area contributed by atoms with E-state index in [4.69, 9.17) is 4.42 Å². The number of thioether (sulfide) groups is 1. The fraction of sp³-hybridized carbons (Fsp3) is 0.167. The molecule has 0 spiro atoms. The molecule has 0 saturated heterocycles. The van der Waals surface area contributed by atoms with Crippen molar-refractivity contribution < 1.29 is 17.6 Å². The Morgan fingerprint density at radius 2 is 1.82 bits per heavy atom. The molecule has 1 atom stereocenters. The predicted octanol–water partition coefficient (Wildman–Crippen LogP) is 5.51. The molecule has 0 saturated carbocycles. The number of amides is 1. The molecular formula is C24H22N2O4S3. The third-order valence-electron chi connectivity index (χ3n) is 4.90. The lowest BCUT2D eigenvalue weighted by Crippen LogP contribution is -2.28. The van der Waals surface area contributed by atoms with Gasteiger partial charge in [0.05, 0.1) is 21.6 Å². The van der Waals surface area contributed by atoms with Gasteiger partial charge < -0.3 is 9.73 Å². The number of benzene rings is 2. The maximum atomic E-state index is 13.3. The Hall–Kier alpha value is -2.88. The zero-order valence-electron chi connectivity index (χ0n) is 18.0. The molecule has 0 fully saturated rings. The number of hydrogen-bond acceptors (Lipinski definition) is 7. The molecule has 0 aliphatic heterocycles. The van der Waals surface area contributed by atoms with Crippen LogP contribution in [0.3, 0.4) is 0 Å². The highest BCUT2D eigenvalue weighted by molar-refractivity contribution is 8.00. The van der Waals surface area contributed by atoms with Gasteiger partial charge in [-0.3, -0.25) is 4.79 Å². The van der Waals surface area contributed by atoms with Gasteiger partial charge in [-0.1, -0.05) is 65.9 Å². The largest absolute Gasteiger partial charge is 0.428 e. The molecule has 1 unspecified atom stereocenters. The Labute approximate surface area is 201 Å². The third-order valence-corrected chi connectivity index (χ3v) is 8.51. The maximum absolute atomic E-state index is 13.3. The van der Waals surface area contributed by atoms with Crippen molar-refractivity contribution in [2.75, 3.05) is 5.75 Å². The van der Waals surface area contributed by atoms with Crippen LogP contribution in [-0.2, 0) is 14.6 Å². The molecule has 1 amide bonds. The highest BCUT2D eigenvalue weighted by Gasteiger charge is 2.29. The molecule has 0 aliphatic carbocycles. The number of nitrogens with one attached hydrogen (secondary N) is 1. The molecule has 6 nitrogen and oxygen atoms in total. The summed E-state index contributed by atoms with van der Waals surface area (Å²) in [5.41, 5.74) is 1.94. The minimum absolute atomic E-state index is 0.00728. The topological polar surface area (TPSA) is 89.3 Å². The van der Waals surface area contributed by atoms with E-state index in [0.717, 1.165) is 22.9 Å². The fourth-order valence-electron chi connectivity index (χ4n) is 3.13. The van der Waals surface area contributed by atoms with Crippen LogP contribution in [0.4, 0.5) is 0 Å². The van der Waals surface area contributed by atoms with E-state index < -0.39 is 9.84 Å².